The summed E-state index contributed by atoms with van der Waals surface area (Å²) in [5, 5.41) is 2.71. The number of nitrogen functional groups attached to an aromatic ring is 1. The first-order chi connectivity index (χ1) is 8.08. The molecular weight excluding hydrogens is 220 g/mol. The maximum absolute atomic E-state index is 11.4. The number of hydrogen-bond acceptors (Lipinski definition) is 5. The van der Waals surface area contributed by atoms with Crippen molar-refractivity contribution < 1.29 is 9.53 Å². The Kier molecular flexibility index (Phi) is 4.56. The Morgan fingerprint density at radius 3 is 2.88 bits per heavy atom. The number of pyridine rings is 1. The molecule has 0 aliphatic carbocycles. The predicted octanol–water partition coefficient (Wildman–Crippen LogP) is 0.245. The first kappa shape index (κ1) is 13.1. The smallest absolute Gasteiger partial charge is 0.239 e. The molecule has 0 radical (unpaired) electrons. The summed E-state index contributed by atoms with van der Waals surface area (Å²) >= 11 is 0. The lowest BCUT2D eigenvalue weighted by Gasteiger charge is -2.19. The van der Waals surface area contributed by atoms with Crippen molar-refractivity contribution in [1.29, 1.82) is 0 Å². The van der Waals surface area contributed by atoms with Crippen LogP contribution in [0.3, 0.4) is 0 Å². The zero-order valence-electron chi connectivity index (χ0n) is 10.4. The normalized spacial score (nSPS) is 9.82. The van der Waals surface area contributed by atoms with Crippen LogP contribution in [0.4, 0.5) is 11.5 Å². The van der Waals surface area contributed by atoms with Crippen molar-refractivity contribution in [3.63, 3.8) is 0 Å². The summed E-state index contributed by atoms with van der Waals surface area (Å²) in [5.74, 6) is 0.937. The van der Waals surface area contributed by atoms with E-state index in [0.717, 1.165) is 0 Å². The van der Waals surface area contributed by atoms with Gasteiger partial charge in [0.1, 0.15) is 0 Å². The zero-order valence-corrected chi connectivity index (χ0v) is 10.4. The van der Waals surface area contributed by atoms with Gasteiger partial charge in [0.05, 0.1) is 19.3 Å². The van der Waals surface area contributed by atoms with Crippen molar-refractivity contribution in [2.75, 3.05) is 37.9 Å². The van der Waals surface area contributed by atoms with Gasteiger partial charge in [0.2, 0.25) is 11.8 Å². The minimum Gasteiger partial charge on any atom is -0.481 e. The number of carbonyl (C=O) groups excluding carboxylic acids is 1. The van der Waals surface area contributed by atoms with Crippen molar-refractivity contribution in [1.82, 2.24) is 10.3 Å². The predicted molar refractivity (Wildman–Crippen MR) is 67.2 cm³/mol. The third-order valence-corrected chi connectivity index (χ3v) is 2.21. The van der Waals surface area contributed by atoms with Crippen molar-refractivity contribution in [2.45, 2.75) is 6.92 Å². The van der Waals surface area contributed by atoms with Crippen LogP contribution in [0.1, 0.15) is 6.92 Å². The molecule has 0 unspecified atom stereocenters. The number of rotatable bonds is 5. The molecule has 0 atom stereocenters. The Morgan fingerprint density at radius 2 is 2.29 bits per heavy atom. The highest BCUT2D eigenvalue weighted by Gasteiger charge is 2.11. The maximum Gasteiger partial charge on any atom is 0.239 e. The number of carbonyl (C=O) groups is 1. The third kappa shape index (κ3) is 3.51. The van der Waals surface area contributed by atoms with Crippen LogP contribution >= 0.6 is 0 Å². The molecular formula is C11H18N4O2. The van der Waals surface area contributed by atoms with E-state index >= 15 is 0 Å². The highest BCUT2D eigenvalue weighted by atomic mass is 16.5. The summed E-state index contributed by atoms with van der Waals surface area (Å²) in [4.78, 5) is 17.3. The molecule has 0 spiro atoms. The summed E-state index contributed by atoms with van der Waals surface area (Å²) in [5.41, 5.74) is 6.31. The van der Waals surface area contributed by atoms with Crippen molar-refractivity contribution in [3.05, 3.63) is 12.1 Å². The molecule has 6 nitrogen and oxygen atoms in total. The van der Waals surface area contributed by atoms with Gasteiger partial charge in [0.25, 0.3) is 0 Å². The Bertz CT molecular complexity index is 395. The lowest BCUT2D eigenvalue weighted by atomic mass is 10.3. The number of nitrogens with two attached hydrogens (primary N) is 1. The Morgan fingerprint density at radius 1 is 1.59 bits per heavy atom. The van der Waals surface area contributed by atoms with Crippen molar-refractivity contribution >= 4 is 17.4 Å². The largest absolute Gasteiger partial charge is 0.481 e. The van der Waals surface area contributed by atoms with Crippen molar-refractivity contribution in [2.24, 2.45) is 0 Å². The molecule has 0 bridgehead atoms. The number of aromatic nitrogens is 1. The number of nitrogens with zero attached hydrogens (tertiary/aromatic N) is 2. The number of nitrogens with one attached hydrogen (secondary N) is 1. The molecule has 94 valence electrons. The maximum atomic E-state index is 11.4. The molecule has 1 rings (SSSR count). The molecule has 1 heterocycles. The van der Waals surface area contributed by atoms with Crippen LogP contribution in [0.15, 0.2) is 12.1 Å². The SMILES string of the molecule is CCNC(=O)CN(C)c1nc(OC)ccc1N. The molecule has 1 aromatic rings. The summed E-state index contributed by atoms with van der Waals surface area (Å²) in [6, 6.07) is 3.38. The molecule has 0 saturated carbocycles. The summed E-state index contributed by atoms with van der Waals surface area (Å²) in [6.07, 6.45) is 0. The molecule has 0 fully saturated rings. The monoisotopic (exact) mass is 238 g/mol. The molecule has 3 N–H and O–H groups in total. The van der Waals surface area contributed by atoms with Crippen LogP contribution in [0, 0.1) is 0 Å². The minimum absolute atomic E-state index is 0.0704. The number of anilines is 2. The van der Waals surface area contributed by atoms with Crippen LogP contribution in [-0.4, -0.2) is 38.1 Å². The van der Waals surface area contributed by atoms with Crippen LogP contribution in [-0.2, 0) is 4.79 Å². The van der Waals surface area contributed by atoms with Gasteiger partial charge in [-0.05, 0) is 13.0 Å². The standard InChI is InChI=1S/C11H18N4O2/c1-4-13-9(16)7-15(2)11-8(12)5-6-10(14-11)17-3/h5-6H,4,7,12H2,1-3H3,(H,13,16). The van der Waals surface area contributed by atoms with Gasteiger partial charge in [-0.1, -0.05) is 0 Å². The van der Waals surface area contributed by atoms with E-state index in [1.807, 2.05) is 6.92 Å². The highest BCUT2D eigenvalue weighted by molar-refractivity contribution is 5.82. The van der Waals surface area contributed by atoms with Gasteiger partial charge in [0.15, 0.2) is 5.82 Å². The van der Waals surface area contributed by atoms with Crippen LogP contribution in [0.2, 0.25) is 0 Å². The van der Waals surface area contributed by atoms with Crippen LogP contribution < -0.4 is 20.7 Å². The Hall–Kier alpha value is -1.98. The number of ether oxygens (including phenoxy) is 1. The molecule has 1 amide bonds. The topological polar surface area (TPSA) is 80.5 Å². The van der Waals surface area contributed by atoms with Gasteiger partial charge in [-0.25, -0.2) is 0 Å². The van der Waals surface area contributed by atoms with E-state index in [1.165, 1.54) is 7.11 Å². The zero-order chi connectivity index (χ0) is 12.8. The number of methoxy groups -OCH3 is 1. The molecule has 0 saturated heterocycles. The quantitative estimate of drug-likeness (QED) is 0.768. The van der Waals surface area contributed by atoms with E-state index in [1.54, 1.807) is 24.1 Å². The van der Waals surface area contributed by atoms with Gasteiger partial charge in [-0.2, -0.15) is 4.98 Å². The Balaban J connectivity index is 2.80. The number of amides is 1. The second-order valence-electron chi connectivity index (χ2n) is 3.58. The second-order valence-corrected chi connectivity index (χ2v) is 3.58. The molecule has 17 heavy (non-hydrogen) atoms. The first-order valence-electron chi connectivity index (χ1n) is 5.36. The average Bonchev–Trinajstić information content (AvgIpc) is 2.29. The molecule has 1 aromatic heterocycles. The average molecular weight is 238 g/mol. The van der Waals surface area contributed by atoms with Gasteiger partial charge in [-0.15, -0.1) is 0 Å². The van der Waals surface area contributed by atoms with Gasteiger partial charge < -0.3 is 20.7 Å². The molecule has 0 aliphatic heterocycles. The van der Waals surface area contributed by atoms with E-state index in [9.17, 15) is 4.79 Å². The van der Waals surface area contributed by atoms with E-state index in [-0.39, 0.29) is 12.5 Å². The van der Waals surface area contributed by atoms with E-state index < -0.39 is 0 Å². The third-order valence-electron chi connectivity index (χ3n) is 2.21. The van der Waals surface area contributed by atoms with E-state index in [0.29, 0.717) is 23.9 Å². The lowest BCUT2D eigenvalue weighted by Crippen LogP contribution is -2.35. The minimum atomic E-state index is -0.0704. The fourth-order valence-corrected chi connectivity index (χ4v) is 1.40. The van der Waals surface area contributed by atoms with E-state index in [2.05, 4.69) is 10.3 Å². The molecule has 6 heteroatoms. The Labute approximate surface area is 101 Å². The molecule has 0 aliphatic rings. The fourth-order valence-electron chi connectivity index (χ4n) is 1.40. The summed E-state index contributed by atoms with van der Waals surface area (Å²) < 4.78 is 5.02. The van der Waals surface area contributed by atoms with Crippen LogP contribution in [0.5, 0.6) is 5.88 Å². The number of likely N-dealkylation sites (N-methyl/N-ethyl adjacent to an activating group) is 2. The van der Waals surface area contributed by atoms with E-state index in [4.69, 9.17) is 10.5 Å². The lowest BCUT2D eigenvalue weighted by molar-refractivity contribution is -0.119. The number of hydrogen-bond donors (Lipinski definition) is 2. The van der Waals surface area contributed by atoms with Crippen molar-refractivity contribution in [3.8, 4) is 5.88 Å². The van der Waals surface area contributed by atoms with Gasteiger partial charge in [0, 0.05) is 19.7 Å². The highest BCUT2D eigenvalue weighted by Crippen LogP contribution is 2.22. The summed E-state index contributed by atoms with van der Waals surface area (Å²) in [6.45, 7) is 2.68. The van der Waals surface area contributed by atoms with Crippen LogP contribution in [0.25, 0.3) is 0 Å². The summed E-state index contributed by atoms with van der Waals surface area (Å²) in [7, 11) is 3.29. The van der Waals surface area contributed by atoms with Gasteiger partial charge in [-0.3, -0.25) is 4.79 Å². The first-order valence-corrected chi connectivity index (χ1v) is 5.36. The molecule has 0 aromatic carbocycles. The second kappa shape index (κ2) is 5.93. The fraction of sp³-hybridized carbons (Fsp3) is 0.455. The van der Waals surface area contributed by atoms with Gasteiger partial charge >= 0.3 is 0 Å².